The summed E-state index contributed by atoms with van der Waals surface area (Å²) in [7, 11) is 0. The van der Waals surface area contributed by atoms with Crippen LogP contribution in [0.3, 0.4) is 0 Å². The second-order valence-electron chi connectivity index (χ2n) is 43.3. The van der Waals surface area contributed by atoms with Gasteiger partial charge in [0, 0.05) is 93.2 Å². The van der Waals surface area contributed by atoms with Gasteiger partial charge >= 0.3 is 48.7 Å². The van der Waals surface area contributed by atoms with Gasteiger partial charge in [-0.3, -0.25) is 19.2 Å². The van der Waals surface area contributed by atoms with Crippen molar-refractivity contribution < 1.29 is 95.4 Å². The van der Waals surface area contributed by atoms with E-state index in [2.05, 4.69) is 73.8 Å². The highest BCUT2D eigenvalue weighted by Crippen LogP contribution is 2.41. The number of aromatic nitrogens is 4. The molecule has 14 N–H and O–H groups in total. The molecule has 8 bridgehead atoms. The number of alkyl carbamates (subject to hydrolysis) is 8. The summed E-state index contributed by atoms with van der Waals surface area (Å²) >= 11 is 0. The summed E-state index contributed by atoms with van der Waals surface area (Å²) < 4.78 is 44.1. The molecule has 4 atom stereocenters. The Morgan fingerprint density at radius 1 is 0.236 bits per heavy atom. The molecule has 0 unspecified atom stereocenters. The van der Waals surface area contributed by atoms with Crippen molar-refractivity contribution in [2.24, 2.45) is 0 Å². The first-order chi connectivity index (χ1) is 67.2. The van der Waals surface area contributed by atoms with Crippen LogP contribution < -0.4 is 63.8 Å². The first-order valence-electron chi connectivity index (χ1n) is 48.9. The third-order valence-electron chi connectivity index (χ3n) is 20.9. The molecule has 3 aromatic heterocycles. The number of fused-ring (bicyclic) bond motifs is 8. The van der Waals surface area contributed by atoms with Gasteiger partial charge in [-0.2, -0.15) is 0 Å². The second kappa shape index (κ2) is 49.5. The molecule has 9 rings (SSSR count). The normalized spacial score (nSPS) is 13.1. The number of anilines is 4. The number of nitrogens with one attached hydrogen (secondary N) is 14. The lowest BCUT2D eigenvalue weighted by Crippen LogP contribution is -2.45. The van der Waals surface area contributed by atoms with Crippen LogP contribution in [0, 0.1) is 0 Å². The zero-order chi connectivity index (χ0) is 106. The minimum absolute atomic E-state index is 0.174. The third-order valence-corrected chi connectivity index (χ3v) is 20.9. The van der Waals surface area contributed by atoms with E-state index < -0.39 is 141 Å². The van der Waals surface area contributed by atoms with Gasteiger partial charge in [-0.1, -0.05) is 48.5 Å². The van der Waals surface area contributed by atoms with Crippen LogP contribution in [-0.2, 0) is 57.1 Å². The molecule has 12 amide bonds. The third kappa shape index (κ3) is 38.7. The summed E-state index contributed by atoms with van der Waals surface area (Å²) in [5.41, 5.74) is 4.18. The Hall–Kier alpha value is -14.5. The van der Waals surface area contributed by atoms with Crippen molar-refractivity contribution >= 4 is 141 Å². The van der Waals surface area contributed by atoms with Crippen LogP contribution in [-0.4, -0.2) is 187 Å². The molecule has 2 aliphatic rings. The summed E-state index contributed by atoms with van der Waals surface area (Å²) in [6, 6.07) is 31.9. The number of carbonyl (C=O) groups is 12. The molecule has 0 radical (unpaired) electrons. The topological polar surface area (TPSA) is 480 Å². The Balaban J connectivity index is 1.21. The van der Waals surface area contributed by atoms with Crippen LogP contribution in [0.5, 0.6) is 0 Å². The van der Waals surface area contributed by atoms with Crippen LogP contribution in [0.2, 0.25) is 0 Å². The average Bonchev–Trinajstić information content (AvgIpc) is 1.61. The number of hydrogen-bond acceptors (Lipinski definition) is 22. The molecule has 0 fully saturated rings. The lowest BCUT2D eigenvalue weighted by molar-refractivity contribution is -0.119. The number of nitrogens with zero attached hydrogens (tertiary/aromatic N) is 2. The number of benzene rings is 4. The molecule has 5 heterocycles. The highest BCUT2D eigenvalue weighted by molar-refractivity contribution is 6.04. The van der Waals surface area contributed by atoms with Crippen molar-refractivity contribution in [2.75, 3.05) is 47.4 Å². The summed E-state index contributed by atoms with van der Waals surface area (Å²) in [5, 5.41) is 34.0. The zero-order valence-electron chi connectivity index (χ0n) is 87.5. The van der Waals surface area contributed by atoms with Crippen molar-refractivity contribution in [2.45, 2.75) is 312 Å². The van der Waals surface area contributed by atoms with Crippen molar-refractivity contribution in [3.63, 3.8) is 0 Å². The first-order valence-corrected chi connectivity index (χ1v) is 48.9. The standard InChI is InChI=1S/C108H146N16O20/c1-101(2,3)137-93(129)109-61-29-25-33-81(121-97(133)141-105(13,14)15)89(125)113-69-45-37-65(38-46-69)85-73-53-55-75(117-73)86(66-39-47-70(48-40-66)114-90(126)82(122-98(134)142-106(16,17)18)34-26-30-62-110-94(130)138-102(4,5)6)77-57-59-79(119-77)88(68-43-51-72(52-44-68)116-92(128)84(124-100(136)144-108(22,23)24)36-28-32-64-112-96(132)140-104(10,11)12)80-60-58-78(120-80)87(76-56-54-74(85)118-76)67-41-49-71(50-42-67)115-91(127)83(123-99(135)143-107(19,20)21)35-27-31-63-111-95(131)139-103(7,8)9/h37-60,81-84,117,120H,25-36,61-64H2,1-24H3,(H,109,129)(H,110,130)(H,111,131)(H,112,132)(H,113,125)(H,114,126)(H,115,127)(H,116,128)(H,121,133)(H,122,134)(H,123,135)(H,124,136)/t81-,82-,83-,84-/m0/s1. The summed E-state index contributed by atoms with van der Waals surface area (Å²) in [6.07, 6.45) is 6.13. The van der Waals surface area contributed by atoms with Gasteiger partial charge in [0.05, 0.1) is 22.8 Å². The fourth-order valence-corrected chi connectivity index (χ4v) is 15.0. The number of rotatable bonds is 36. The Bertz CT molecular complexity index is 5220. The number of aromatic amines is 2. The molecule has 7 aromatic rings. The number of amides is 12. The smallest absolute Gasteiger partial charge is 0.408 e. The molecule has 4 aromatic carbocycles. The number of unbranched alkanes of at least 4 members (excludes halogenated alkanes) is 4. The van der Waals surface area contributed by atoms with Crippen molar-refractivity contribution in [3.8, 4) is 44.5 Å². The van der Waals surface area contributed by atoms with Gasteiger partial charge in [-0.25, -0.2) is 48.3 Å². The average molecular weight is 1990 g/mol. The Morgan fingerprint density at radius 3 is 0.569 bits per heavy atom. The minimum Gasteiger partial charge on any atom is -0.444 e. The van der Waals surface area contributed by atoms with Gasteiger partial charge in [-0.15, -0.1) is 0 Å². The van der Waals surface area contributed by atoms with Crippen LogP contribution in [0.4, 0.5) is 61.1 Å². The molecular formula is C108H146N16O20. The fourth-order valence-electron chi connectivity index (χ4n) is 15.0. The lowest BCUT2D eigenvalue weighted by atomic mass is 10.0. The molecule has 778 valence electrons. The quantitative estimate of drug-likeness (QED) is 0.0128. The zero-order valence-corrected chi connectivity index (χ0v) is 87.5. The van der Waals surface area contributed by atoms with E-state index in [0.29, 0.717) is 163 Å². The Morgan fingerprint density at radius 2 is 0.403 bits per heavy atom. The van der Waals surface area contributed by atoms with Crippen molar-refractivity contribution in [1.29, 1.82) is 0 Å². The van der Waals surface area contributed by atoms with Gasteiger partial charge in [0.1, 0.15) is 69.0 Å². The van der Waals surface area contributed by atoms with E-state index in [1.807, 2.05) is 97.1 Å². The Labute approximate surface area is 843 Å². The number of H-pyrrole nitrogens is 2. The maximum atomic E-state index is 14.6. The predicted octanol–water partition coefficient (Wildman–Crippen LogP) is 21.4. The van der Waals surface area contributed by atoms with Crippen LogP contribution >= 0.6 is 0 Å². The van der Waals surface area contributed by atoms with Gasteiger partial charge in [-0.05, 0) is 363 Å². The summed E-state index contributed by atoms with van der Waals surface area (Å²) in [5.74, 6) is -2.14. The maximum Gasteiger partial charge on any atom is 0.408 e. The predicted molar refractivity (Wildman–Crippen MR) is 560 cm³/mol. The first kappa shape index (κ1) is 113. The number of hydrogen-bond donors (Lipinski definition) is 14. The molecule has 144 heavy (non-hydrogen) atoms. The van der Waals surface area contributed by atoms with Gasteiger partial charge in [0.2, 0.25) is 23.6 Å². The van der Waals surface area contributed by atoms with E-state index in [4.69, 9.17) is 47.9 Å². The molecule has 0 saturated carbocycles. The molecule has 36 nitrogen and oxygen atoms in total. The molecule has 2 aliphatic heterocycles. The van der Waals surface area contributed by atoms with Gasteiger partial charge in [0.25, 0.3) is 0 Å². The van der Waals surface area contributed by atoms with Gasteiger partial charge < -0.3 is 112 Å². The highest BCUT2D eigenvalue weighted by Gasteiger charge is 2.33. The fraction of sp³-hybridized carbons (Fsp3) is 0.481. The molecular weight excluding hydrogens is 1840 g/mol. The highest BCUT2D eigenvalue weighted by atomic mass is 16.6. The van der Waals surface area contributed by atoms with Crippen molar-refractivity contribution in [1.82, 2.24) is 62.5 Å². The maximum absolute atomic E-state index is 14.6. The van der Waals surface area contributed by atoms with E-state index in [9.17, 15) is 57.5 Å². The summed E-state index contributed by atoms with van der Waals surface area (Å²) in [4.78, 5) is 181. The van der Waals surface area contributed by atoms with E-state index in [-0.39, 0.29) is 51.9 Å². The molecule has 0 spiro atoms. The Kier molecular flexibility index (Phi) is 38.9. The largest absolute Gasteiger partial charge is 0.444 e. The van der Waals surface area contributed by atoms with E-state index in [1.54, 1.807) is 215 Å². The van der Waals surface area contributed by atoms with E-state index in [1.165, 1.54) is 0 Å². The SMILES string of the molecule is CC(C)(C)OC(=O)NCCCC[C@H](NC(=O)OC(C)(C)C)C(=O)Nc1ccc(-c2c3nc(c(-c4ccc(NC(=O)[C@H](CCCCNC(=O)OC(C)(C)C)NC(=O)OC(C)(C)C)cc4)c4ccc([nH]4)c(-c4ccc(NC(=O)[C@H](CCCCNC(=O)OC(C)(C)C)NC(=O)OC(C)(C)C)cc4)c4nc(c(-c5ccc(NC(=O)[C@H](CCCCNC(=O)OC(C)(C)C)NC(=O)OC(C)(C)C)cc5)c5ccc2[nH]5)C=C4)C=C3)cc1. The lowest BCUT2D eigenvalue weighted by Gasteiger charge is -2.23. The van der Waals surface area contributed by atoms with Gasteiger partial charge in [0.15, 0.2) is 0 Å². The second-order valence-corrected chi connectivity index (χ2v) is 43.3. The number of carbonyl (C=O) groups excluding carboxylic acids is 12. The number of ether oxygens (including phenoxy) is 8. The monoisotopic (exact) mass is 1990 g/mol. The molecule has 0 saturated heterocycles. The summed E-state index contributed by atoms with van der Waals surface area (Å²) in [6.45, 7) is 42.7. The molecule has 36 heteroatoms. The van der Waals surface area contributed by atoms with E-state index in [0.717, 1.165) is 0 Å². The minimum atomic E-state index is -1.08. The van der Waals surface area contributed by atoms with E-state index >= 15 is 0 Å². The van der Waals surface area contributed by atoms with Crippen LogP contribution in [0.1, 0.15) is 266 Å². The van der Waals surface area contributed by atoms with Crippen LogP contribution in [0.25, 0.3) is 90.9 Å². The van der Waals surface area contributed by atoms with Crippen LogP contribution in [0.15, 0.2) is 121 Å². The van der Waals surface area contributed by atoms with Crippen molar-refractivity contribution in [3.05, 3.63) is 144 Å². The molecule has 0 aliphatic carbocycles.